The molecule has 2 saturated heterocycles. The quantitative estimate of drug-likeness (QED) is 0.667. The summed E-state index contributed by atoms with van der Waals surface area (Å²) in [5.41, 5.74) is 2.78. The SMILES string of the molecule is Cc1ccc(C(=O)N2CC3(CN(Cc4ccccc4)CC3c3nc(C)no3)C2)cn1. The molecule has 154 valence electrons. The van der Waals surface area contributed by atoms with Gasteiger partial charge in [-0.05, 0) is 31.5 Å². The summed E-state index contributed by atoms with van der Waals surface area (Å²) in [4.78, 5) is 26.1. The largest absolute Gasteiger partial charge is 0.339 e. The Hall–Kier alpha value is -3.06. The van der Waals surface area contributed by atoms with E-state index in [1.165, 1.54) is 5.56 Å². The third-order valence-corrected chi connectivity index (χ3v) is 6.27. The second-order valence-electron chi connectivity index (χ2n) is 8.60. The smallest absolute Gasteiger partial charge is 0.255 e. The number of carbonyl (C=O) groups excluding carboxylic acids is 1. The second-order valence-corrected chi connectivity index (χ2v) is 8.60. The van der Waals surface area contributed by atoms with Crippen LogP contribution in [0.3, 0.4) is 0 Å². The molecule has 2 aliphatic rings. The highest BCUT2D eigenvalue weighted by molar-refractivity contribution is 5.94. The molecule has 2 fully saturated rings. The maximum absolute atomic E-state index is 12.9. The summed E-state index contributed by atoms with van der Waals surface area (Å²) in [6.45, 7) is 7.78. The van der Waals surface area contributed by atoms with Gasteiger partial charge in [0.25, 0.3) is 5.91 Å². The minimum Gasteiger partial charge on any atom is -0.339 e. The van der Waals surface area contributed by atoms with Gasteiger partial charge in [0.15, 0.2) is 5.82 Å². The monoisotopic (exact) mass is 403 g/mol. The Labute approximate surface area is 175 Å². The van der Waals surface area contributed by atoms with Crippen LogP contribution in [0.15, 0.2) is 53.2 Å². The molecular weight excluding hydrogens is 378 g/mol. The van der Waals surface area contributed by atoms with Crippen LogP contribution in [-0.4, -0.2) is 57.0 Å². The van der Waals surface area contributed by atoms with Crippen molar-refractivity contribution in [3.8, 4) is 0 Å². The van der Waals surface area contributed by atoms with Crippen LogP contribution in [0.5, 0.6) is 0 Å². The number of carbonyl (C=O) groups is 1. The Morgan fingerprint density at radius 3 is 2.60 bits per heavy atom. The number of likely N-dealkylation sites (tertiary alicyclic amines) is 2. The van der Waals surface area contributed by atoms with Gasteiger partial charge >= 0.3 is 0 Å². The predicted octanol–water partition coefficient (Wildman–Crippen LogP) is 2.82. The molecule has 1 aromatic carbocycles. The van der Waals surface area contributed by atoms with E-state index in [4.69, 9.17) is 4.52 Å². The van der Waals surface area contributed by atoms with Crippen molar-refractivity contribution < 1.29 is 9.32 Å². The zero-order chi connectivity index (χ0) is 20.7. The maximum Gasteiger partial charge on any atom is 0.255 e. The molecular formula is C23H25N5O2. The van der Waals surface area contributed by atoms with Crippen LogP contribution >= 0.6 is 0 Å². The van der Waals surface area contributed by atoms with Gasteiger partial charge in [0.2, 0.25) is 5.89 Å². The molecule has 0 saturated carbocycles. The maximum atomic E-state index is 12.9. The summed E-state index contributed by atoms with van der Waals surface area (Å²) in [5.74, 6) is 1.50. The lowest BCUT2D eigenvalue weighted by atomic mass is 9.71. The van der Waals surface area contributed by atoms with Gasteiger partial charge in [0.05, 0.1) is 11.5 Å². The topological polar surface area (TPSA) is 75.4 Å². The molecule has 5 rings (SSSR count). The number of hydrogen-bond donors (Lipinski definition) is 0. The standard InChI is InChI=1S/C23H25N5O2/c1-16-8-9-19(10-24-16)22(29)28-14-23(15-28)13-27(11-18-6-4-3-5-7-18)12-20(23)21-25-17(2)26-30-21/h3-10,20H,11-15H2,1-2H3. The minimum atomic E-state index is -0.0540. The van der Waals surface area contributed by atoms with Gasteiger partial charge in [-0.3, -0.25) is 14.7 Å². The Balaban J connectivity index is 1.35. The van der Waals surface area contributed by atoms with Crippen LogP contribution in [0.2, 0.25) is 0 Å². The van der Waals surface area contributed by atoms with Crippen LogP contribution in [-0.2, 0) is 6.54 Å². The summed E-state index contributed by atoms with van der Waals surface area (Å²) in [5, 5.41) is 4.01. The summed E-state index contributed by atoms with van der Waals surface area (Å²) < 4.78 is 5.57. The van der Waals surface area contributed by atoms with E-state index in [0.717, 1.165) is 25.3 Å². The summed E-state index contributed by atoms with van der Waals surface area (Å²) in [6.07, 6.45) is 1.66. The van der Waals surface area contributed by atoms with E-state index in [9.17, 15) is 4.79 Å². The normalized spacial score (nSPS) is 20.5. The zero-order valence-corrected chi connectivity index (χ0v) is 17.3. The molecule has 2 aliphatic heterocycles. The Kier molecular flexibility index (Phi) is 4.62. The minimum absolute atomic E-state index is 0.0371. The van der Waals surface area contributed by atoms with Crippen LogP contribution < -0.4 is 0 Å². The van der Waals surface area contributed by atoms with E-state index in [0.29, 0.717) is 30.4 Å². The third kappa shape index (κ3) is 3.39. The summed E-state index contributed by atoms with van der Waals surface area (Å²) in [6, 6.07) is 14.2. The molecule has 1 atom stereocenters. The van der Waals surface area contributed by atoms with Crippen molar-refractivity contribution in [3.63, 3.8) is 0 Å². The van der Waals surface area contributed by atoms with E-state index < -0.39 is 0 Å². The number of aryl methyl sites for hydroxylation is 2. The molecule has 3 aromatic rings. The number of hydrogen-bond acceptors (Lipinski definition) is 6. The number of aromatic nitrogens is 3. The first-order valence-electron chi connectivity index (χ1n) is 10.3. The van der Waals surface area contributed by atoms with Gasteiger partial charge in [0.1, 0.15) is 0 Å². The van der Waals surface area contributed by atoms with E-state index in [-0.39, 0.29) is 17.2 Å². The van der Waals surface area contributed by atoms with Crippen LogP contribution in [0.1, 0.15) is 39.2 Å². The molecule has 0 radical (unpaired) electrons. The van der Waals surface area contributed by atoms with Crippen molar-refractivity contribution in [3.05, 3.63) is 77.2 Å². The van der Waals surface area contributed by atoms with E-state index in [2.05, 4.69) is 44.3 Å². The molecule has 0 N–H and O–H groups in total. The molecule has 1 amide bonds. The fourth-order valence-corrected chi connectivity index (χ4v) is 4.78. The first-order chi connectivity index (χ1) is 14.5. The number of benzene rings is 1. The molecule has 4 heterocycles. The first kappa shape index (κ1) is 18.9. The molecule has 0 aliphatic carbocycles. The van der Waals surface area contributed by atoms with Gasteiger partial charge in [0, 0.05) is 50.0 Å². The van der Waals surface area contributed by atoms with Crippen molar-refractivity contribution in [2.24, 2.45) is 5.41 Å². The van der Waals surface area contributed by atoms with Gasteiger partial charge in [-0.1, -0.05) is 35.5 Å². The van der Waals surface area contributed by atoms with E-state index >= 15 is 0 Å². The highest BCUT2D eigenvalue weighted by atomic mass is 16.5. The van der Waals surface area contributed by atoms with Crippen molar-refractivity contribution in [1.82, 2.24) is 24.9 Å². The average molecular weight is 403 g/mol. The van der Waals surface area contributed by atoms with Gasteiger partial charge in [-0.25, -0.2) is 0 Å². The molecule has 30 heavy (non-hydrogen) atoms. The van der Waals surface area contributed by atoms with Crippen molar-refractivity contribution >= 4 is 5.91 Å². The van der Waals surface area contributed by atoms with Gasteiger partial charge < -0.3 is 9.42 Å². The molecule has 1 unspecified atom stereocenters. The second kappa shape index (κ2) is 7.32. The Morgan fingerprint density at radius 1 is 1.13 bits per heavy atom. The highest BCUT2D eigenvalue weighted by Gasteiger charge is 2.57. The molecule has 7 nitrogen and oxygen atoms in total. The number of pyridine rings is 1. The number of nitrogens with zero attached hydrogens (tertiary/aromatic N) is 5. The average Bonchev–Trinajstić information content (AvgIpc) is 3.31. The molecule has 0 bridgehead atoms. The lowest BCUT2D eigenvalue weighted by Gasteiger charge is -2.50. The van der Waals surface area contributed by atoms with Gasteiger partial charge in [-0.15, -0.1) is 0 Å². The predicted molar refractivity (Wildman–Crippen MR) is 111 cm³/mol. The molecule has 2 aromatic heterocycles. The van der Waals surface area contributed by atoms with Crippen LogP contribution in [0, 0.1) is 19.3 Å². The van der Waals surface area contributed by atoms with Crippen molar-refractivity contribution in [2.45, 2.75) is 26.3 Å². The first-order valence-corrected chi connectivity index (χ1v) is 10.3. The van der Waals surface area contributed by atoms with Crippen molar-refractivity contribution in [1.29, 1.82) is 0 Å². The van der Waals surface area contributed by atoms with Gasteiger partial charge in [-0.2, -0.15) is 4.98 Å². The highest BCUT2D eigenvalue weighted by Crippen LogP contribution is 2.49. The lowest BCUT2D eigenvalue weighted by molar-refractivity contribution is -0.00127. The fourth-order valence-electron chi connectivity index (χ4n) is 4.78. The zero-order valence-electron chi connectivity index (χ0n) is 17.3. The Bertz CT molecular complexity index is 1040. The van der Waals surface area contributed by atoms with E-state index in [1.54, 1.807) is 6.20 Å². The summed E-state index contributed by atoms with van der Waals surface area (Å²) >= 11 is 0. The van der Waals surface area contributed by atoms with Crippen LogP contribution in [0.25, 0.3) is 0 Å². The number of rotatable bonds is 4. The lowest BCUT2D eigenvalue weighted by Crippen LogP contribution is -2.61. The fraction of sp³-hybridized carbons (Fsp3) is 0.391. The van der Waals surface area contributed by atoms with E-state index in [1.807, 2.05) is 36.9 Å². The Morgan fingerprint density at radius 2 is 1.93 bits per heavy atom. The third-order valence-electron chi connectivity index (χ3n) is 6.27. The van der Waals surface area contributed by atoms with Crippen molar-refractivity contribution in [2.75, 3.05) is 26.2 Å². The summed E-state index contributed by atoms with van der Waals surface area (Å²) in [7, 11) is 0. The number of amides is 1. The van der Waals surface area contributed by atoms with Crippen LogP contribution in [0.4, 0.5) is 0 Å². The molecule has 7 heteroatoms. The molecule has 1 spiro atoms.